The highest BCUT2D eigenvalue weighted by Gasteiger charge is 2.49. The highest BCUT2D eigenvalue weighted by Crippen LogP contribution is 2.32. The van der Waals surface area contributed by atoms with E-state index in [9.17, 15) is 9.59 Å². The van der Waals surface area contributed by atoms with E-state index in [-0.39, 0.29) is 18.5 Å². The van der Waals surface area contributed by atoms with Gasteiger partial charge in [-0.05, 0) is 25.0 Å². The van der Waals surface area contributed by atoms with Crippen molar-refractivity contribution in [3.63, 3.8) is 0 Å². The summed E-state index contributed by atoms with van der Waals surface area (Å²) >= 11 is 1.51. The zero-order valence-electron chi connectivity index (χ0n) is 15.1. The van der Waals surface area contributed by atoms with E-state index >= 15 is 0 Å². The quantitative estimate of drug-likeness (QED) is 0.697. The summed E-state index contributed by atoms with van der Waals surface area (Å²) in [5.74, 6) is -0.254. The summed E-state index contributed by atoms with van der Waals surface area (Å²) < 4.78 is 0. The molecule has 1 saturated heterocycles. The number of benzene rings is 2. The number of rotatable bonds is 4. The van der Waals surface area contributed by atoms with Crippen LogP contribution in [0, 0.1) is 6.92 Å². The van der Waals surface area contributed by atoms with Gasteiger partial charge in [-0.3, -0.25) is 9.69 Å². The van der Waals surface area contributed by atoms with Crippen LogP contribution in [0.1, 0.15) is 23.7 Å². The molecule has 27 heavy (non-hydrogen) atoms. The molecule has 2 aromatic carbocycles. The van der Waals surface area contributed by atoms with Crippen molar-refractivity contribution in [3.05, 3.63) is 76.8 Å². The molecule has 5 nitrogen and oxygen atoms in total. The standard InChI is InChI=1S/C21H19N3O2S/c1-14-8-6-7-11-17(14)21(2)19(25)24(20(26)23-21)12-16-13-27-18(22-16)15-9-4-3-5-10-15/h3-11,13H,12H2,1-2H3,(H,23,26). The van der Waals surface area contributed by atoms with Gasteiger partial charge in [-0.2, -0.15) is 0 Å². The number of amides is 3. The lowest BCUT2D eigenvalue weighted by Crippen LogP contribution is -2.41. The van der Waals surface area contributed by atoms with Crippen LogP contribution in [0.15, 0.2) is 60.0 Å². The zero-order valence-corrected chi connectivity index (χ0v) is 15.9. The maximum Gasteiger partial charge on any atom is 0.325 e. The summed E-state index contributed by atoms with van der Waals surface area (Å²) in [5, 5.41) is 5.63. The number of carbonyl (C=O) groups excluding carboxylic acids is 2. The van der Waals surface area contributed by atoms with Crippen LogP contribution in [0.4, 0.5) is 4.79 Å². The minimum Gasteiger partial charge on any atom is -0.319 e. The Balaban J connectivity index is 1.59. The zero-order chi connectivity index (χ0) is 19.0. The fraction of sp³-hybridized carbons (Fsp3) is 0.190. The molecule has 1 unspecified atom stereocenters. The van der Waals surface area contributed by atoms with E-state index in [4.69, 9.17) is 0 Å². The summed E-state index contributed by atoms with van der Waals surface area (Å²) in [5.41, 5.74) is 2.46. The Labute approximate surface area is 161 Å². The number of urea groups is 1. The van der Waals surface area contributed by atoms with Gasteiger partial charge in [0.05, 0.1) is 12.2 Å². The molecule has 3 aromatic rings. The van der Waals surface area contributed by atoms with Crippen LogP contribution in [-0.4, -0.2) is 21.8 Å². The molecule has 1 atom stereocenters. The van der Waals surface area contributed by atoms with Crippen LogP contribution in [0.3, 0.4) is 0 Å². The molecule has 1 fully saturated rings. The van der Waals surface area contributed by atoms with Crippen LogP contribution in [0.25, 0.3) is 10.6 Å². The second kappa shape index (κ2) is 6.63. The largest absolute Gasteiger partial charge is 0.325 e. The smallest absolute Gasteiger partial charge is 0.319 e. The Hall–Kier alpha value is -2.99. The van der Waals surface area contributed by atoms with Gasteiger partial charge in [-0.15, -0.1) is 11.3 Å². The second-order valence-electron chi connectivity index (χ2n) is 6.77. The molecule has 1 aliphatic rings. The molecule has 0 radical (unpaired) electrons. The lowest BCUT2D eigenvalue weighted by atomic mass is 9.88. The van der Waals surface area contributed by atoms with E-state index in [0.29, 0.717) is 5.69 Å². The third-order valence-electron chi connectivity index (χ3n) is 4.85. The molecule has 4 rings (SSSR count). The van der Waals surface area contributed by atoms with E-state index in [1.54, 1.807) is 6.92 Å². The van der Waals surface area contributed by atoms with Crippen molar-refractivity contribution in [1.29, 1.82) is 0 Å². The lowest BCUT2D eigenvalue weighted by molar-refractivity contribution is -0.131. The molecule has 0 aliphatic carbocycles. The fourth-order valence-corrected chi connectivity index (χ4v) is 4.23. The van der Waals surface area contributed by atoms with Gasteiger partial charge < -0.3 is 5.32 Å². The normalized spacial score (nSPS) is 19.4. The molecule has 2 heterocycles. The number of hydrogen-bond acceptors (Lipinski definition) is 4. The van der Waals surface area contributed by atoms with Crippen LogP contribution in [-0.2, 0) is 16.9 Å². The first-order valence-corrected chi connectivity index (χ1v) is 9.57. The Morgan fingerprint density at radius 2 is 1.78 bits per heavy atom. The Morgan fingerprint density at radius 1 is 1.07 bits per heavy atom. The van der Waals surface area contributed by atoms with Gasteiger partial charge in [0.15, 0.2) is 0 Å². The van der Waals surface area contributed by atoms with E-state index in [0.717, 1.165) is 21.7 Å². The SMILES string of the molecule is Cc1ccccc1C1(C)NC(=O)N(Cc2csc(-c3ccccc3)n2)C1=O. The third-order valence-corrected chi connectivity index (χ3v) is 5.79. The molecule has 0 saturated carbocycles. The molecule has 6 heteroatoms. The molecule has 0 bridgehead atoms. The van der Waals surface area contributed by atoms with E-state index in [1.807, 2.05) is 66.9 Å². The lowest BCUT2D eigenvalue weighted by Gasteiger charge is -2.24. The van der Waals surface area contributed by atoms with Crippen molar-refractivity contribution in [2.45, 2.75) is 25.9 Å². The summed E-state index contributed by atoms with van der Waals surface area (Å²) in [6.07, 6.45) is 0. The van der Waals surface area contributed by atoms with Gasteiger partial charge in [0.1, 0.15) is 10.5 Å². The number of hydrogen-bond donors (Lipinski definition) is 1. The average molecular weight is 377 g/mol. The Kier molecular flexibility index (Phi) is 4.28. The fourth-order valence-electron chi connectivity index (χ4n) is 3.41. The molecule has 1 N–H and O–H groups in total. The number of carbonyl (C=O) groups is 2. The minimum absolute atomic E-state index is 0.162. The highest BCUT2D eigenvalue weighted by atomic mass is 32.1. The van der Waals surface area contributed by atoms with Gasteiger partial charge in [-0.25, -0.2) is 9.78 Å². The maximum absolute atomic E-state index is 13.1. The molecule has 3 amide bonds. The molecule has 1 aromatic heterocycles. The monoisotopic (exact) mass is 377 g/mol. The molecule has 136 valence electrons. The topological polar surface area (TPSA) is 62.3 Å². The predicted octanol–water partition coefficient (Wildman–Crippen LogP) is 4.09. The van der Waals surface area contributed by atoms with Crippen LogP contribution < -0.4 is 5.32 Å². The highest BCUT2D eigenvalue weighted by molar-refractivity contribution is 7.13. The Morgan fingerprint density at radius 3 is 2.52 bits per heavy atom. The summed E-state index contributed by atoms with van der Waals surface area (Å²) in [4.78, 5) is 31.5. The van der Waals surface area contributed by atoms with Gasteiger partial charge >= 0.3 is 6.03 Å². The molecular weight excluding hydrogens is 358 g/mol. The number of aromatic nitrogens is 1. The van der Waals surface area contributed by atoms with Gasteiger partial charge in [0.25, 0.3) is 5.91 Å². The number of aryl methyl sites for hydroxylation is 1. The molecule has 1 aliphatic heterocycles. The van der Waals surface area contributed by atoms with Crippen molar-refractivity contribution >= 4 is 23.3 Å². The number of nitrogens with one attached hydrogen (secondary N) is 1. The average Bonchev–Trinajstić information content (AvgIpc) is 3.22. The Bertz CT molecular complexity index is 1020. The number of nitrogens with zero attached hydrogens (tertiary/aromatic N) is 2. The van der Waals surface area contributed by atoms with Crippen molar-refractivity contribution in [3.8, 4) is 10.6 Å². The first kappa shape index (κ1) is 17.4. The summed E-state index contributed by atoms with van der Waals surface area (Å²) in [6.45, 7) is 3.86. The first-order chi connectivity index (χ1) is 13.0. The first-order valence-electron chi connectivity index (χ1n) is 8.69. The molecule has 0 spiro atoms. The van der Waals surface area contributed by atoms with Crippen molar-refractivity contribution < 1.29 is 9.59 Å². The number of thiazole rings is 1. The third kappa shape index (κ3) is 3.02. The molecular formula is C21H19N3O2S. The van der Waals surface area contributed by atoms with Crippen LogP contribution in [0.2, 0.25) is 0 Å². The van der Waals surface area contributed by atoms with Gasteiger partial charge in [0.2, 0.25) is 0 Å². The predicted molar refractivity (Wildman–Crippen MR) is 105 cm³/mol. The van der Waals surface area contributed by atoms with Crippen molar-refractivity contribution in [2.75, 3.05) is 0 Å². The summed E-state index contributed by atoms with van der Waals surface area (Å²) in [6, 6.07) is 17.1. The van der Waals surface area contributed by atoms with E-state index < -0.39 is 5.54 Å². The van der Waals surface area contributed by atoms with Crippen molar-refractivity contribution in [2.24, 2.45) is 0 Å². The van der Waals surface area contributed by atoms with Crippen LogP contribution >= 0.6 is 11.3 Å². The van der Waals surface area contributed by atoms with Crippen molar-refractivity contribution in [1.82, 2.24) is 15.2 Å². The van der Waals surface area contributed by atoms with Gasteiger partial charge in [-0.1, -0.05) is 54.6 Å². The maximum atomic E-state index is 13.1. The minimum atomic E-state index is -1.05. The van der Waals surface area contributed by atoms with E-state index in [1.165, 1.54) is 16.2 Å². The number of imide groups is 1. The second-order valence-corrected chi connectivity index (χ2v) is 7.63. The van der Waals surface area contributed by atoms with Gasteiger partial charge in [0, 0.05) is 10.9 Å². The van der Waals surface area contributed by atoms with Crippen LogP contribution in [0.5, 0.6) is 0 Å². The van der Waals surface area contributed by atoms with E-state index in [2.05, 4.69) is 10.3 Å². The summed E-state index contributed by atoms with van der Waals surface area (Å²) in [7, 11) is 0.